The van der Waals surface area contributed by atoms with Crippen LogP contribution in [0.15, 0.2) is 60.7 Å². The summed E-state index contributed by atoms with van der Waals surface area (Å²) in [5.41, 5.74) is 4.95. The number of nitrogens with one attached hydrogen (secondary N) is 4. The number of amides is 6. The van der Waals surface area contributed by atoms with Crippen LogP contribution in [0.5, 0.6) is 0 Å². The fourth-order valence-electron chi connectivity index (χ4n) is 7.95. The van der Waals surface area contributed by atoms with E-state index < -0.39 is 101 Å². The number of nitrogens with two attached hydrogens (primary N) is 1. The van der Waals surface area contributed by atoms with Gasteiger partial charge in [0.2, 0.25) is 29.5 Å². The number of alkyl carbamates (subject to hydrolysis) is 1. The molecule has 2 fully saturated rings. The number of nitrogens with zero attached hydrogens (tertiary/aromatic N) is 2. The number of carboxylic acids is 1. The van der Waals surface area contributed by atoms with Gasteiger partial charge in [-0.3, -0.25) is 28.8 Å². The first-order valence-electron chi connectivity index (χ1n) is 24.6. The van der Waals surface area contributed by atoms with Crippen molar-refractivity contribution < 1.29 is 67.2 Å². The highest BCUT2D eigenvalue weighted by atomic mass is 16.6. The Morgan fingerprint density at radius 1 is 0.712 bits per heavy atom. The fraction of sp³-hybridized carbons (Fsp3) is 0.596. The molecule has 2 aromatic rings. The van der Waals surface area contributed by atoms with E-state index in [-0.39, 0.29) is 51.4 Å². The van der Waals surface area contributed by atoms with Crippen molar-refractivity contribution in [1.29, 1.82) is 0 Å². The van der Waals surface area contributed by atoms with Crippen molar-refractivity contribution >= 4 is 53.5 Å². The molecule has 21 heteroatoms. The predicted molar refractivity (Wildman–Crippen MR) is 268 cm³/mol. The number of ether oxygens (including phenoxy) is 4. The average Bonchev–Trinajstić information content (AvgIpc) is 4.01. The molecular weight excluding hydrogens is 947 g/mol. The molecule has 0 aromatic heterocycles. The Morgan fingerprint density at radius 2 is 1.27 bits per heavy atom. The number of likely N-dealkylation sites (tertiary alicyclic amines) is 2. The van der Waals surface area contributed by atoms with Crippen LogP contribution in [-0.4, -0.2) is 148 Å². The van der Waals surface area contributed by atoms with Gasteiger partial charge < -0.3 is 60.9 Å². The minimum Gasteiger partial charge on any atom is -0.480 e. The summed E-state index contributed by atoms with van der Waals surface area (Å²) in [6.07, 6.45) is 0.167. The van der Waals surface area contributed by atoms with Gasteiger partial charge in [-0.2, -0.15) is 0 Å². The number of rotatable bonds is 20. The Bertz CT molecular complexity index is 2190. The van der Waals surface area contributed by atoms with Crippen LogP contribution in [0.4, 0.5) is 4.79 Å². The Hall–Kier alpha value is -6.61. The number of benzene rings is 2. The number of hydrogen-bond donors (Lipinski definition) is 6. The van der Waals surface area contributed by atoms with Crippen LogP contribution in [0.25, 0.3) is 0 Å². The lowest BCUT2D eigenvalue weighted by atomic mass is 10.0. The van der Waals surface area contributed by atoms with Gasteiger partial charge >= 0.3 is 24.0 Å². The van der Waals surface area contributed by atoms with Crippen LogP contribution in [0, 0.1) is 0 Å². The summed E-state index contributed by atoms with van der Waals surface area (Å²) in [5, 5.41) is 19.4. The molecule has 404 valence electrons. The summed E-state index contributed by atoms with van der Waals surface area (Å²) >= 11 is 0. The highest BCUT2D eigenvalue weighted by Crippen LogP contribution is 2.25. The van der Waals surface area contributed by atoms with E-state index in [1.165, 1.54) is 9.80 Å². The lowest BCUT2D eigenvalue weighted by Crippen LogP contribution is -2.61. The van der Waals surface area contributed by atoms with Gasteiger partial charge in [-0.25, -0.2) is 14.4 Å². The van der Waals surface area contributed by atoms with Gasteiger partial charge in [-0.15, -0.1) is 0 Å². The van der Waals surface area contributed by atoms with Crippen molar-refractivity contribution in [3.63, 3.8) is 0 Å². The van der Waals surface area contributed by atoms with Crippen molar-refractivity contribution in [3.05, 3.63) is 71.8 Å². The number of esters is 2. The Balaban J connectivity index is 0.000000454. The van der Waals surface area contributed by atoms with Crippen molar-refractivity contribution in [1.82, 2.24) is 31.1 Å². The summed E-state index contributed by atoms with van der Waals surface area (Å²) in [6, 6.07) is 12.8. The maximum Gasteiger partial charge on any atom is 0.407 e. The van der Waals surface area contributed by atoms with Crippen LogP contribution in [0.1, 0.15) is 119 Å². The SMILES string of the molecule is C[C@@H](OC(C)(C)C)[C@H](NC(=O)[C@H](CCC(=O)OC(C)(C)C)NC(=O)[C@@H]1CCCN1C(=O)CN)C(=O)N1CCC[C@H]1C(=O)OC(C)(C)C.O=C(CNC(=O)OCc1ccccc1)N[C@@H](Cc1ccccc1)C(=O)O. The molecule has 7 N–H and O–H groups in total. The highest BCUT2D eigenvalue weighted by Gasteiger charge is 2.43. The van der Waals surface area contributed by atoms with Crippen molar-refractivity contribution in [2.24, 2.45) is 5.73 Å². The molecule has 0 radical (unpaired) electrons. The maximum atomic E-state index is 14.1. The molecule has 2 aliphatic heterocycles. The molecule has 4 rings (SSSR count). The number of aliphatic carboxylic acids is 1. The first kappa shape index (κ1) is 60.7. The average molecular weight is 1020 g/mol. The third kappa shape index (κ3) is 22.0. The lowest BCUT2D eigenvalue weighted by Gasteiger charge is -2.35. The molecule has 2 aromatic carbocycles. The van der Waals surface area contributed by atoms with Gasteiger partial charge in [0.1, 0.15) is 54.6 Å². The maximum absolute atomic E-state index is 14.1. The molecule has 6 amide bonds. The number of hydrogen-bond acceptors (Lipinski definition) is 14. The summed E-state index contributed by atoms with van der Waals surface area (Å²) < 4.78 is 22.1. The van der Waals surface area contributed by atoms with Gasteiger partial charge in [-0.05, 0) is 112 Å². The molecule has 0 spiro atoms. The molecule has 0 aliphatic carbocycles. The minimum absolute atomic E-state index is 0.0834. The van der Waals surface area contributed by atoms with E-state index in [9.17, 15) is 48.3 Å². The third-order valence-electron chi connectivity index (χ3n) is 11.0. The van der Waals surface area contributed by atoms with Gasteiger partial charge in [0.25, 0.3) is 0 Å². The first-order valence-corrected chi connectivity index (χ1v) is 24.6. The highest BCUT2D eigenvalue weighted by molar-refractivity contribution is 5.96. The summed E-state index contributed by atoms with van der Waals surface area (Å²) in [4.78, 5) is 117. The first-order chi connectivity index (χ1) is 34.1. The van der Waals surface area contributed by atoms with Gasteiger partial charge in [-0.1, -0.05) is 60.7 Å². The smallest absolute Gasteiger partial charge is 0.407 e. The summed E-state index contributed by atoms with van der Waals surface area (Å²) in [5.74, 6) is -5.07. The molecule has 0 bridgehead atoms. The zero-order chi connectivity index (χ0) is 54.7. The van der Waals surface area contributed by atoms with Gasteiger partial charge in [0.15, 0.2) is 0 Å². The van der Waals surface area contributed by atoms with E-state index >= 15 is 0 Å². The second-order valence-corrected chi connectivity index (χ2v) is 20.8. The van der Waals surface area contributed by atoms with E-state index in [2.05, 4.69) is 21.3 Å². The summed E-state index contributed by atoms with van der Waals surface area (Å²) in [6.45, 7) is 17.6. The molecule has 6 atom stereocenters. The Labute approximate surface area is 428 Å². The molecule has 2 saturated heterocycles. The molecule has 0 unspecified atom stereocenters. The molecule has 0 saturated carbocycles. The second kappa shape index (κ2) is 28.0. The van der Waals surface area contributed by atoms with Crippen molar-refractivity contribution in [2.45, 2.75) is 174 Å². The van der Waals surface area contributed by atoms with Crippen LogP contribution in [0.2, 0.25) is 0 Å². The molecule has 73 heavy (non-hydrogen) atoms. The van der Waals surface area contributed by atoms with E-state index in [1.807, 2.05) is 45.0 Å². The lowest BCUT2D eigenvalue weighted by molar-refractivity contribution is -0.165. The monoisotopic (exact) mass is 1020 g/mol. The molecule has 2 heterocycles. The number of carbonyl (C=O) groups excluding carboxylic acids is 8. The summed E-state index contributed by atoms with van der Waals surface area (Å²) in [7, 11) is 0. The predicted octanol–water partition coefficient (Wildman–Crippen LogP) is 3.29. The van der Waals surface area contributed by atoms with Crippen LogP contribution in [0.3, 0.4) is 0 Å². The van der Waals surface area contributed by atoms with Crippen molar-refractivity contribution in [3.8, 4) is 0 Å². The molecule has 21 nitrogen and oxygen atoms in total. The zero-order valence-electron chi connectivity index (χ0n) is 43.9. The fourth-order valence-corrected chi connectivity index (χ4v) is 7.95. The normalized spacial score (nSPS) is 17.3. The third-order valence-corrected chi connectivity index (χ3v) is 11.0. The van der Waals surface area contributed by atoms with E-state index in [4.69, 9.17) is 24.7 Å². The number of carbonyl (C=O) groups is 9. The van der Waals surface area contributed by atoms with E-state index in [0.29, 0.717) is 32.2 Å². The quantitative estimate of drug-likeness (QED) is 0.0820. The number of carboxylic acid groups (broad SMARTS) is 1. The Morgan fingerprint density at radius 3 is 1.82 bits per heavy atom. The zero-order valence-corrected chi connectivity index (χ0v) is 43.9. The van der Waals surface area contributed by atoms with Crippen LogP contribution in [-0.2, 0) is 70.3 Å². The van der Waals surface area contributed by atoms with E-state index in [1.54, 1.807) is 84.9 Å². The minimum atomic E-state index is -1.26. The van der Waals surface area contributed by atoms with Gasteiger partial charge in [0.05, 0.1) is 18.2 Å². The van der Waals surface area contributed by atoms with Gasteiger partial charge in [0, 0.05) is 25.9 Å². The second-order valence-electron chi connectivity index (χ2n) is 20.8. The van der Waals surface area contributed by atoms with Crippen LogP contribution >= 0.6 is 0 Å². The molecular formula is C52H77N7O14. The van der Waals surface area contributed by atoms with E-state index in [0.717, 1.165) is 11.1 Å². The largest absolute Gasteiger partial charge is 0.480 e. The molecule has 2 aliphatic rings. The standard InChI is InChI=1S/C33H57N5O9.C19H20N2O5/c1-20(45-31(2,3)4)26(29(43)38-18-12-14-23(38)30(44)47-33(8,9)10)36-27(41)21(15-16-25(40)46-32(5,6)7)35-28(42)22-13-11-17-37(22)24(39)19-34;22-17(12-20-19(25)26-13-15-9-5-2-6-10-15)21-16(18(23)24)11-14-7-3-1-4-8-14/h20-23,26H,11-19,34H2,1-10H3,(H,35,42)(H,36,41);1-10,16H,11-13H2,(H,20,25)(H,21,22)(H,23,24)/t20-,21+,22+,23+,26+;16-/m10/s1. The Kier molecular flexibility index (Phi) is 23.3. The topological polar surface area (TPSA) is 291 Å². The van der Waals surface area contributed by atoms with Crippen molar-refractivity contribution in [2.75, 3.05) is 26.2 Å². The van der Waals surface area contributed by atoms with Crippen LogP contribution < -0.4 is 27.0 Å².